The molecule has 2 aromatic carbocycles. The number of nitrogens with zero attached hydrogens (tertiary/aromatic N) is 1. The zero-order valence-corrected chi connectivity index (χ0v) is 12.3. The van der Waals surface area contributed by atoms with E-state index < -0.39 is 0 Å². The number of aryl methyl sites for hydroxylation is 1. The van der Waals surface area contributed by atoms with Crippen LogP contribution in [0.2, 0.25) is 0 Å². The molecule has 0 amide bonds. The summed E-state index contributed by atoms with van der Waals surface area (Å²) in [4.78, 5) is 10.7. The molecule has 5 heteroatoms. The molecule has 0 aliphatic heterocycles. The molecule has 0 fully saturated rings. The second-order valence-corrected chi connectivity index (χ2v) is 4.89. The van der Waals surface area contributed by atoms with Crippen LogP contribution in [0.15, 0.2) is 42.5 Å². The smallest absolute Gasteiger partial charge is 0.274 e. The number of para-hydroxylation sites is 1. The van der Waals surface area contributed by atoms with E-state index in [4.69, 9.17) is 4.74 Å². The van der Waals surface area contributed by atoms with Gasteiger partial charge >= 0.3 is 0 Å². The van der Waals surface area contributed by atoms with E-state index in [2.05, 4.69) is 5.32 Å². The fourth-order valence-corrected chi connectivity index (χ4v) is 2.25. The summed E-state index contributed by atoms with van der Waals surface area (Å²) >= 11 is 0. The van der Waals surface area contributed by atoms with Gasteiger partial charge in [0, 0.05) is 6.07 Å². The van der Waals surface area contributed by atoms with Crippen LogP contribution in [0.1, 0.15) is 24.1 Å². The van der Waals surface area contributed by atoms with Crippen molar-refractivity contribution in [2.45, 2.75) is 19.9 Å². The minimum Gasteiger partial charge on any atom is -0.495 e. The van der Waals surface area contributed by atoms with E-state index in [-0.39, 0.29) is 16.7 Å². The van der Waals surface area contributed by atoms with Gasteiger partial charge in [0.15, 0.2) is 0 Å². The van der Waals surface area contributed by atoms with Gasteiger partial charge in [-0.25, -0.2) is 0 Å². The average Bonchev–Trinajstić information content (AvgIpc) is 2.48. The summed E-state index contributed by atoms with van der Waals surface area (Å²) in [5.74, 6) is 0.723. The van der Waals surface area contributed by atoms with E-state index in [0.29, 0.717) is 5.56 Å². The lowest BCUT2D eigenvalue weighted by molar-refractivity contribution is -0.385. The average molecular weight is 286 g/mol. The Morgan fingerprint density at radius 3 is 2.62 bits per heavy atom. The van der Waals surface area contributed by atoms with Crippen molar-refractivity contribution in [1.29, 1.82) is 0 Å². The number of anilines is 1. The molecule has 1 N–H and O–H groups in total. The molecule has 1 atom stereocenters. The van der Waals surface area contributed by atoms with Crippen molar-refractivity contribution in [3.05, 3.63) is 63.7 Å². The number of hydrogen-bond acceptors (Lipinski definition) is 4. The van der Waals surface area contributed by atoms with Crippen LogP contribution in [0.3, 0.4) is 0 Å². The third kappa shape index (κ3) is 3.31. The van der Waals surface area contributed by atoms with Crippen molar-refractivity contribution in [3.63, 3.8) is 0 Å². The first kappa shape index (κ1) is 14.8. The summed E-state index contributed by atoms with van der Waals surface area (Å²) < 4.78 is 5.34. The van der Waals surface area contributed by atoms with Crippen LogP contribution in [-0.2, 0) is 0 Å². The van der Waals surface area contributed by atoms with Gasteiger partial charge in [0.05, 0.1) is 29.3 Å². The summed E-state index contributed by atoms with van der Waals surface area (Å²) in [6.07, 6.45) is 0. The minimum absolute atomic E-state index is 0.114. The molecule has 2 rings (SSSR count). The van der Waals surface area contributed by atoms with Gasteiger partial charge in [0.1, 0.15) is 5.75 Å². The monoisotopic (exact) mass is 286 g/mol. The predicted molar refractivity (Wildman–Crippen MR) is 82.9 cm³/mol. The molecule has 0 bridgehead atoms. The highest BCUT2D eigenvalue weighted by Crippen LogP contribution is 2.32. The fraction of sp³-hybridized carbons (Fsp3) is 0.250. The largest absolute Gasteiger partial charge is 0.495 e. The molecule has 0 aliphatic rings. The van der Waals surface area contributed by atoms with Crippen molar-refractivity contribution in [3.8, 4) is 5.75 Å². The molecule has 0 heterocycles. The Balaban J connectivity index is 2.30. The zero-order valence-electron chi connectivity index (χ0n) is 12.3. The number of benzene rings is 2. The zero-order chi connectivity index (χ0) is 15.4. The van der Waals surface area contributed by atoms with Crippen LogP contribution in [0.4, 0.5) is 11.4 Å². The Morgan fingerprint density at radius 1 is 1.24 bits per heavy atom. The second-order valence-electron chi connectivity index (χ2n) is 4.89. The molecule has 21 heavy (non-hydrogen) atoms. The first-order valence-corrected chi connectivity index (χ1v) is 6.67. The van der Waals surface area contributed by atoms with E-state index in [1.165, 1.54) is 6.07 Å². The van der Waals surface area contributed by atoms with Crippen molar-refractivity contribution in [2.75, 3.05) is 12.4 Å². The lowest BCUT2D eigenvalue weighted by Gasteiger charge is -2.18. The van der Waals surface area contributed by atoms with Gasteiger partial charge in [0.25, 0.3) is 5.69 Å². The lowest BCUT2D eigenvalue weighted by Crippen LogP contribution is -2.10. The summed E-state index contributed by atoms with van der Waals surface area (Å²) in [7, 11) is 1.61. The highest BCUT2D eigenvalue weighted by Gasteiger charge is 2.18. The molecule has 0 saturated heterocycles. The molecule has 0 saturated carbocycles. The van der Waals surface area contributed by atoms with Crippen molar-refractivity contribution in [2.24, 2.45) is 0 Å². The van der Waals surface area contributed by atoms with Gasteiger partial charge in [0.2, 0.25) is 0 Å². The highest BCUT2D eigenvalue weighted by molar-refractivity contribution is 5.59. The first-order valence-electron chi connectivity index (χ1n) is 6.67. The summed E-state index contributed by atoms with van der Waals surface area (Å²) in [6, 6.07) is 12.3. The number of nitro benzene ring substituents is 1. The van der Waals surface area contributed by atoms with Crippen molar-refractivity contribution >= 4 is 11.4 Å². The van der Waals surface area contributed by atoms with E-state index in [0.717, 1.165) is 17.0 Å². The Labute approximate surface area is 123 Å². The number of hydrogen-bond donors (Lipinski definition) is 1. The first-order chi connectivity index (χ1) is 10.0. The third-order valence-corrected chi connectivity index (χ3v) is 3.33. The van der Waals surface area contributed by atoms with Gasteiger partial charge in [-0.05, 0) is 31.5 Å². The van der Waals surface area contributed by atoms with Crippen molar-refractivity contribution in [1.82, 2.24) is 0 Å². The van der Waals surface area contributed by atoms with Crippen molar-refractivity contribution < 1.29 is 9.66 Å². The van der Waals surface area contributed by atoms with E-state index >= 15 is 0 Å². The quantitative estimate of drug-likeness (QED) is 0.664. The third-order valence-electron chi connectivity index (χ3n) is 3.33. The Bertz CT molecular complexity index is 656. The number of methoxy groups -OCH3 is 1. The maximum Gasteiger partial charge on any atom is 0.274 e. The van der Waals surface area contributed by atoms with Gasteiger partial charge in [-0.15, -0.1) is 0 Å². The van der Waals surface area contributed by atoms with Crippen LogP contribution in [0.25, 0.3) is 0 Å². The number of nitro groups is 1. The summed E-state index contributed by atoms with van der Waals surface area (Å²) in [5.41, 5.74) is 2.67. The predicted octanol–water partition coefficient (Wildman–Crippen LogP) is 4.08. The van der Waals surface area contributed by atoms with Gasteiger partial charge in [-0.1, -0.05) is 24.3 Å². The Hall–Kier alpha value is -2.56. The van der Waals surface area contributed by atoms with Crippen LogP contribution in [0.5, 0.6) is 5.75 Å². The molecule has 0 radical (unpaired) electrons. The van der Waals surface area contributed by atoms with E-state index in [1.54, 1.807) is 25.3 Å². The highest BCUT2D eigenvalue weighted by atomic mass is 16.6. The van der Waals surface area contributed by atoms with Crippen LogP contribution < -0.4 is 10.1 Å². The Kier molecular flexibility index (Phi) is 4.42. The fourth-order valence-electron chi connectivity index (χ4n) is 2.25. The molecular weight excluding hydrogens is 268 g/mol. The van der Waals surface area contributed by atoms with Gasteiger partial charge in [-0.3, -0.25) is 10.1 Å². The summed E-state index contributed by atoms with van der Waals surface area (Å²) in [5, 5.41) is 14.4. The molecule has 2 aromatic rings. The SMILES string of the molecule is COc1cc(C)ccc1NC(C)c1ccccc1[N+](=O)[O-]. The van der Waals surface area contributed by atoms with Gasteiger partial charge < -0.3 is 10.1 Å². The van der Waals surface area contributed by atoms with Crippen LogP contribution in [-0.4, -0.2) is 12.0 Å². The number of ether oxygens (including phenoxy) is 1. The van der Waals surface area contributed by atoms with E-state index in [1.807, 2.05) is 32.0 Å². The molecular formula is C16H18N2O3. The second kappa shape index (κ2) is 6.26. The lowest BCUT2D eigenvalue weighted by atomic mass is 10.1. The minimum atomic E-state index is -0.361. The maximum atomic E-state index is 11.1. The number of rotatable bonds is 5. The molecule has 5 nitrogen and oxygen atoms in total. The molecule has 110 valence electrons. The maximum absolute atomic E-state index is 11.1. The molecule has 1 unspecified atom stereocenters. The molecule has 0 aromatic heterocycles. The molecule has 0 aliphatic carbocycles. The van der Waals surface area contributed by atoms with E-state index in [9.17, 15) is 10.1 Å². The van der Waals surface area contributed by atoms with Crippen LogP contribution >= 0.6 is 0 Å². The molecule has 0 spiro atoms. The van der Waals surface area contributed by atoms with Gasteiger partial charge in [-0.2, -0.15) is 0 Å². The normalized spacial score (nSPS) is 11.8. The standard InChI is InChI=1S/C16H18N2O3/c1-11-8-9-14(16(10-11)21-3)17-12(2)13-6-4-5-7-15(13)18(19)20/h4-10,12,17H,1-3H3. The topological polar surface area (TPSA) is 64.4 Å². The summed E-state index contributed by atoms with van der Waals surface area (Å²) in [6.45, 7) is 3.87. The Morgan fingerprint density at radius 2 is 1.95 bits per heavy atom. The number of nitrogens with one attached hydrogen (secondary N) is 1. The van der Waals surface area contributed by atoms with Crippen LogP contribution in [0, 0.1) is 17.0 Å².